The van der Waals surface area contributed by atoms with Crippen LogP contribution in [0.1, 0.15) is 0 Å². The first kappa shape index (κ1) is 31.6. The smallest absolute Gasteiger partial charge is 0.137 e. The van der Waals surface area contributed by atoms with Crippen molar-refractivity contribution >= 4 is 49.8 Å². The van der Waals surface area contributed by atoms with Crippen LogP contribution in [0.5, 0.6) is 0 Å². The number of hydrogen-bond donors (Lipinski definition) is 0. The molecule has 0 bridgehead atoms. The number of benzene rings is 9. The van der Waals surface area contributed by atoms with Crippen molar-refractivity contribution in [1.29, 1.82) is 0 Å². The van der Waals surface area contributed by atoms with Crippen LogP contribution in [0.15, 0.2) is 217 Å². The molecule has 0 saturated heterocycles. The molecule has 0 unspecified atom stereocenters. The van der Waals surface area contributed by atoms with E-state index in [-0.39, 0.29) is 0 Å². The van der Waals surface area contributed by atoms with E-state index in [9.17, 15) is 0 Å². The normalized spacial score (nSPS) is 11.3. The van der Waals surface area contributed by atoms with Gasteiger partial charge in [0.2, 0.25) is 0 Å². The van der Waals surface area contributed by atoms with Gasteiger partial charge in [-0.3, -0.25) is 0 Å². The molecule has 0 amide bonds. The summed E-state index contributed by atoms with van der Waals surface area (Å²) in [5.74, 6) is 0. The Morgan fingerprint density at radius 2 is 0.852 bits per heavy atom. The first-order valence-electron chi connectivity index (χ1n) is 18.4. The van der Waals surface area contributed by atoms with Gasteiger partial charge < -0.3 is 9.32 Å². The van der Waals surface area contributed by atoms with Gasteiger partial charge in [0.25, 0.3) is 0 Å². The highest BCUT2D eigenvalue weighted by Gasteiger charge is 2.19. The fourth-order valence-electron chi connectivity index (χ4n) is 7.85. The van der Waals surface area contributed by atoms with Crippen molar-refractivity contribution in [2.24, 2.45) is 0 Å². The first-order chi connectivity index (χ1) is 26.8. The highest BCUT2D eigenvalue weighted by atomic mass is 16.3. The summed E-state index contributed by atoms with van der Waals surface area (Å²) in [6, 6.07) is 75.9. The zero-order chi connectivity index (χ0) is 35.8. The number of furan rings is 1. The molecule has 10 rings (SSSR count). The molecule has 0 aliphatic carbocycles. The molecule has 54 heavy (non-hydrogen) atoms. The molecular formula is C52H35NO. The van der Waals surface area contributed by atoms with Gasteiger partial charge in [-0.05, 0) is 104 Å². The lowest BCUT2D eigenvalue weighted by atomic mass is 9.89. The van der Waals surface area contributed by atoms with Crippen molar-refractivity contribution in [3.05, 3.63) is 212 Å². The Morgan fingerprint density at radius 3 is 1.54 bits per heavy atom. The number of nitrogens with zero attached hydrogens (tertiary/aromatic N) is 1. The van der Waals surface area contributed by atoms with Crippen LogP contribution in [0.25, 0.3) is 77.2 Å². The van der Waals surface area contributed by atoms with Crippen LogP contribution in [0.3, 0.4) is 0 Å². The van der Waals surface area contributed by atoms with Crippen LogP contribution in [-0.4, -0.2) is 0 Å². The van der Waals surface area contributed by atoms with Crippen LogP contribution < -0.4 is 4.90 Å². The highest BCUT2D eigenvalue weighted by molar-refractivity contribution is 6.07. The van der Waals surface area contributed by atoms with E-state index >= 15 is 0 Å². The predicted molar refractivity (Wildman–Crippen MR) is 228 cm³/mol. The van der Waals surface area contributed by atoms with Gasteiger partial charge in [0, 0.05) is 33.9 Å². The highest BCUT2D eigenvalue weighted by Crippen LogP contribution is 2.43. The van der Waals surface area contributed by atoms with Gasteiger partial charge >= 0.3 is 0 Å². The topological polar surface area (TPSA) is 16.4 Å². The molecule has 254 valence electrons. The Bertz CT molecular complexity index is 2850. The van der Waals surface area contributed by atoms with E-state index in [1.165, 1.54) is 44.2 Å². The number of hydrogen-bond acceptors (Lipinski definition) is 2. The summed E-state index contributed by atoms with van der Waals surface area (Å²) >= 11 is 0. The maximum atomic E-state index is 6.44. The minimum absolute atomic E-state index is 0.862. The molecule has 2 nitrogen and oxygen atoms in total. The predicted octanol–water partition coefficient (Wildman–Crippen LogP) is 14.9. The van der Waals surface area contributed by atoms with Crippen LogP contribution in [0, 0.1) is 0 Å². The second kappa shape index (κ2) is 13.4. The average Bonchev–Trinajstić information content (AvgIpc) is 3.62. The van der Waals surface area contributed by atoms with E-state index < -0.39 is 0 Å². The van der Waals surface area contributed by atoms with Gasteiger partial charge in [-0.15, -0.1) is 0 Å². The van der Waals surface area contributed by atoms with E-state index in [0.717, 1.165) is 50.1 Å². The largest absolute Gasteiger partial charge is 0.456 e. The molecule has 0 saturated carbocycles. The number of rotatable bonds is 7. The Morgan fingerprint density at radius 1 is 0.296 bits per heavy atom. The molecule has 2 heteroatoms. The van der Waals surface area contributed by atoms with E-state index in [1.807, 2.05) is 12.1 Å². The Hall–Kier alpha value is -7.16. The first-order valence-corrected chi connectivity index (χ1v) is 18.4. The Labute approximate surface area is 314 Å². The Kier molecular flexibility index (Phi) is 7.85. The zero-order valence-corrected chi connectivity index (χ0v) is 29.6. The lowest BCUT2D eigenvalue weighted by molar-refractivity contribution is 0.669. The summed E-state index contributed by atoms with van der Waals surface area (Å²) in [6.45, 7) is 0. The summed E-state index contributed by atoms with van der Waals surface area (Å²) in [4.78, 5) is 2.35. The quantitative estimate of drug-likeness (QED) is 0.166. The van der Waals surface area contributed by atoms with Gasteiger partial charge in [-0.1, -0.05) is 158 Å². The van der Waals surface area contributed by atoms with Crippen molar-refractivity contribution in [2.45, 2.75) is 0 Å². The molecule has 1 heterocycles. The third-order valence-electron chi connectivity index (χ3n) is 10.4. The minimum atomic E-state index is 0.862. The number of anilines is 3. The fourth-order valence-corrected chi connectivity index (χ4v) is 7.85. The third kappa shape index (κ3) is 5.71. The molecule has 0 aliphatic heterocycles. The summed E-state index contributed by atoms with van der Waals surface area (Å²) in [5, 5.41) is 4.71. The zero-order valence-electron chi connectivity index (χ0n) is 29.6. The summed E-state index contributed by atoms with van der Waals surface area (Å²) in [5.41, 5.74) is 14.4. The van der Waals surface area contributed by atoms with Gasteiger partial charge in [0.1, 0.15) is 11.2 Å². The molecule has 0 atom stereocenters. The third-order valence-corrected chi connectivity index (χ3v) is 10.4. The van der Waals surface area contributed by atoms with Gasteiger partial charge in [-0.2, -0.15) is 0 Å². The molecule has 9 aromatic carbocycles. The standard InChI is InChI=1S/C52H35NO/c1-4-14-36(15-5-1)41-32-42(37-16-6-2-7-17-37)34-45(33-41)53(44-29-31-49-48-22-12-13-23-50(48)54-51(49)35-44)43-27-24-39(25-28-43)47-30-26-38-18-10-11-21-46(38)52(47)40-19-8-3-9-20-40/h1-35H. The van der Waals surface area contributed by atoms with Crippen LogP contribution in [0.2, 0.25) is 0 Å². The monoisotopic (exact) mass is 689 g/mol. The summed E-state index contributed by atoms with van der Waals surface area (Å²) in [6.07, 6.45) is 0. The molecule has 0 spiro atoms. The van der Waals surface area contributed by atoms with Crippen LogP contribution in [-0.2, 0) is 0 Å². The van der Waals surface area contributed by atoms with Crippen molar-refractivity contribution in [2.75, 3.05) is 4.90 Å². The summed E-state index contributed by atoms with van der Waals surface area (Å²) < 4.78 is 6.44. The maximum absolute atomic E-state index is 6.44. The molecule has 10 aromatic rings. The van der Waals surface area contributed by atoms with E-state index in [0.29, 0.717) is 0 Å². The SMILES string of the molecule is c1ccc(-c2cc(-c3ccccc3)cc(N(c3ccc(-c4ccc5ccccc5c4-c4ccccc4)cc3)c3ccc4c(c3)oc3ccccc34)c2)cc1. The number of para-hydroxylation sites is 1. The minimum Gasteiger partial charge on any atom is -0.456 e. The van der Waals surface area contributed by atoms with Crippen molar-refractivity contribution in [3.8, 4) is 44.5 Å². The second-order valence-electron chi connectivity index (χ2n) is 13.7. The van der Waals surface area contributed by atoms with Crippen molar-refractivity contribution in [1.82, 2.24) is 0 Å². The molecule has 1 aromatic heterocycles. The van der Waals surface area contributed by atoms with Gasteiger partial charge in [0.15, 0.2) is 0 Å². The van der Waals surface area contributed by atoms with Gasteiger partial charge in [0.05, 0.1) is 0 Å². The van der Waals surface area contributed by atoms with E-state index in [2.05, 4.69) is 205 Å². The molecule has 0 N–H and O–H groups in total. The van der Waals surface area contributed by atoms with Crippen LogP contribution >= 0.6 is 0 Å². The van der Waals surface area contributed by atoms with Crippen LogP contribution in [0.4, 0.5) is 17.1 Å². The summed E-state index contributed by atoms with van der Waals surface area (Å²) in [7, 11) is 0. The molecule has 0 radical (unpaired) electrons. The molecule has 0 fully saturated rings. The maximum Gasteiger partial charge on any atom is 0.137 e. The second-order valence-corrected chi connectivity index (χ2v) is 13.7. The lowest BCUT2D eigenvalue weighted by Crippen LogP contribution is -2.10. The van der Waals surface area contributed by atoms with Crippen molar-refractivity contribution in [3.63, 3.8) is 0 Å². The lowest BCUT2D eigenvalue weighted by Gasteiger charge is -2.27. The number of fused-ring (bicyclic) bond motifs is 4. The molecular weight excluding hydrogens is 655 g/mol. The van der Waals surface area contributed by atoms with E-state index in [1.54, 1.807) is 0 Å². The molecule has 0 aliphatic rings. The fraction of sp³-hybridized carbons (Fsp3) is 0. The van der Waals surface area contributed by atoms with Crippen molar-refractivity contribution < 1.29 is 4.42 Å². The van der Waals surface area contributed by atoms with Gasteiger partial charge in [-0.25, -0.2) is 0 Å². The Balaban J connectivity index is 1.17. The average molecular weight is 690 g/mol. The van der Waals surface area contributed by atoms with E-state index in [4.69, 9.17) is 4.42 Å².